The molecule has 4 nitrogen and oxygen atoms in total. The fraction of sp³-hybridized carbons (Fsp3) is 0.222. The fourth-order valence-electron chi connectivity index (χ4n) is 1.75. The molecule has 3 rings (SSSR count). The lowest BCUT2D eigenvalue weighted by Gasteiger charge is -2.12. The first-order valence-electron chi connectivity index (χ1n) is 4.26. The van der Waals surface area contributed by atoms with E-state index in [0.29, 0.717) is 0 Å². The Morgan fingerprint density at radius 2 is 2.23 bits per heavy atom. The zero-order valence-corrected chi connectivity index (χ0v) is 6.99. The normalized spacial score (nSPS) is 13.5. The summed E-state index contributed by atoms with van der Waals surface area (Å²) in [6, 6.07) is 0. The largest absolute Gasteiger partial charge is 0.277 e. The Balaban J connectivity index is 2.30. The van der Waals surface area contributed by atoms with E-state index in [9.17, 15) is 0 Å². The maximum atomic E-state index is 4.24. The third-order valence-electron chi connectivity index (χ3n) is 2.41. The van der Waals surface area contributed by atoms with Crippen molar-refractivity contribution in [1.82, 2.24) is 20.2 Å². The van der Waals surface area contributed by atoms with Crippen LogP contribution >= 0.6 is 0 Å². The fourth-order valence-corrected chi connectivity index (χ4v) is 1.75. The maximum Gasteiger partial charge on any atom is 0.115 e. The van der Waals surface area contributed by atoms with Crippen LogP contribution in [0.15, 0.2) is 18.7 Å². The van der Waals surface area contributed by atoms with Crippen molar-refractivity contribution in [1.29, 1.82) is 0 Å². The molecule has 0 aliphatic heterocycles. The minimum absolute atomic E-state index is 0.990. The van der Waals surface area contributed by atoms with E-state index in [2.05, 4.69) is 20.2 Å². The highest BCUT2D eigenvalue weighted by Crippen LogP contribution is 2.28. The molecule has 4 heteroatoms. The molecule has 0 saturated heterocycles. The molecule has 0 unspecified atom stereocenters. The van der Waals surface area contributed by atoms with Crippen LogP contribution in [0.3, 0.4) is 0 Å². The van der Waals surface area contributed by atoms with E-state index in [-0.39, 0.29) is 0 Å². The van der Waals surface area contributed by atoms with Crippen molar-refractivity contribution >= 4 is 0 Å². The predicted octanol–water partition coefficient (Wildman–Crippen LogP) is 0.965. The highest BCUT2D eigenvalue weighted by atomic mass is 15.1. The maximum absolute atomic E-state index is 4.24. The number of hydrogen-bond donors (Lipinski definition) is 1. The van der Waals surface area contributed by atoms with Gasteiger partial charge in [-0.3, -0.25) is 5.10 Å². The molecule has 13 heavy (non-hydrogen) atoms. The second-order valence-corrected chi connectivity index (χ2v) is 3.15. The molecule has 0 aromatic carbocycles. The number of hydrogen-bond acceptors (Lipinski definition) is 3. The van der Waals surface area contributed by atoms with E-state index in [4.69, 9.17) is 0 Å². The summed E-state index contributed by atoms with van der Waals surface area (Å²) < 4.78 is 0. The summed E-state index contributed by atoms with van der Waals surface area (Å²) in [4.78, 5) is 8.26. The average molecular weight is 172 g/mol. The van der Waals surface area contributed by atoms with E-state index in [1.807, 2.05) is 12.4 Å². The molecule has 1 N–H and O–H groups in total. The molecule has 0 fully saturated rings. The topological polar surface area (TPSA) is 54.5 Å². The standard InChI is InChI=1S/C9H8N4/c1-2-8-7(4-10-5-11-8)9-6(1)3-12-13-9/h3-5H,1-2H2,(H,12,13). The van der Waals surface area contributed by atoms with E-state index >= 15 is 0 Å². The van der Waals surface area contributed by atoms with E-state index < -0.39 is 0 Å². The first-order valence-corrected chi connectivity index (χ1v) is 4.26. The Kier molecular flexibility index (Phi) is 1.24. The van der Waals surface area contributed by atoms with Gasteiger partial charge >= 0.3 is 0 Å². The van der Waals surface area contributed by atoms with Crippen LogP contribution in [0.1, 0.15) is 11.3 Å². The number of nitrogens with one attached hydrogen (secondary N) is 1. The van der Waals surface area contributed by atoms with Crippen LogP contribution in [-0.2, 0) is 12.8 Å². The lowest BCUT2D eigenvalue weighted by Crippen LogP contribution is -2.05. The van der Waals surface area contributed by atoms with Gasteiger partial charge < -0.3 is 0 Å². The van der Waals surface area contributed by atoms with Gasteiger partial charge in [-0.25, -0.2) is 9.97 Å². The Labute approximate surface area is 75.0 Å². The van der Waals surface area contributed by atoms with Crippen LogP contribution in [0.2, 0.25) is 0 Å². The summed E-state index contributed by atoms with van der Waals surface area (Å²) in [6.45, 7) is 0. The molecule has 0 amide bonds. The number of aromatic amines is 1. The molecule has 2 heterocycles. The molecular weight excluding hydrogens is 164 g/mol. The number of aromatic nitrogens is 4. The smallest absolute Gasteiger partial charge is 0.115 e. The Morgan fingerprint density at radius 3 is 3.23 bits per heavy atom. The molecule has 0 radical (unpaired) electrons. The molecule has 64 valence electrons. The molecule has 1 aliphatic rings. The van der Waals surface area contributed by atoms with Gasteiger partial charge in [-0.1, -0.05) is 0 Å². The summed E-state index contributed by atoms with van der Waals surface area (Å²) in [5.74, 6) is 0. The predicted molar refractivity (Wildman–Crippen MR) is 47.0 cm³/mol. The van der Waals surface area contributed by atoms with Gasteiger partial charge in [0.05, 0.1) is 17.6 Å². The highest BCUT2D eigenvalue weighted by Gasteiger charge is 2.18. The highest BCUT2D eigenvalue weighted by molar-refractivity contribution is 5.66. The molecule has 0 spiro atoms. The lowest BCUT2D eigenvalue weighted by atomic mass is 9.96. The molecule has 1 aliphatic carbocycles. The van der Waals surface area contributed by atoms with Crippen molar-refractivity contribution in [2.75, 3.05) is 0 Å². The summed E-state index contributed by atoms with van der Waals surface area (Å²) in [7, 11) is 0. The first-order chi connectivity index (χ1) is 6.45. The van der Waals surface area contributed by atoms with Gasteiger partial charge in [0, 0.05) is 11.8 Å². The van der Waals surface area contributed by atoms with E-state index in [1.54, 1.807) is 6.33 Å². The number of H-pyrrole nitrogens is 1. The zero-order chi connectivity index (χ0) is 8.67. The summed E-state index contributed by atoms with van der Waals surface area (Å²) in [5.41, 5.74) is 4.57. The van der Waals surface area contributed by atoms with Crippen LogP contribution in [0.5, 0.6) is 0 Å². The van der Waals surface area contributed by atoms with Crippen molar-refractivity contribution in [3.05, 3.63) is 30.0 Å². The monoisotopic (exact) mass is 172 g/mol. The number of nitrogens with zero attached hydrogens (tertiary/aromatic N) is 3. The first kappa shape index (κ1) is 6.77. The molecular formula is C9H8N4. The second kappa shape index (κ2) is 2.39. The Bertz CT molecular complexity index is 446. The van der Waals surface area contributed by atoms with Crippen molar-refractivity contribution < 1.29 is 0 Å². The van der Waals surface area contributed by atoms with Gasteiger partial charge in [0.1, 0.15) is 6.33 Å². The van der Waals surface area contributed by atoms with Crippen molar-refractivity contribution in [3.63, 3.8) is 0 Å². The van der Waals surface area contributed by atoms with Gasteiger partial charge in [-0.2, -0.15) is 5.10 Å². The van der Waals surface area contributed by atoms with Crippen molar-refractivity contribution in [2.24, 2.45) is 0 Å². The van der Waals surface area contributed by atoms with Gasteiger partial charge in [-0.15, -0.1) is 0 Å². The van der Waals surface area contributed by atoms with Crippen LogP contribution in [-0.4, -0.2) is 20.2 Å². The van der Waals surface area contributed by atoms with Gasteiger partial charge in [0.15, 0.2) is 0 Å². The second-order valence-electron chi connectivity index (χ2n) is 3.15. The summed E-state index contributed by atoms with van der Waals surface area (Å²) in [5, 5.41) is 7.01. The molecule has 2 aromatic heterocycles. The minimum atomic E-state index is 0.990. The molecule has 0 bridgehead atoms. The third-order valence-corrected chi connectivity index (χ3v) is 2.41. The average Bonchev–Trinajstić information content (AvgIpc) is 2.65. The van der Waals surface area contributed by atoms with Crippen LogP contribution in [0.25, 0.3) is 11.3 Å². The molecule has 2 aromatic rings. The minimum Gasteiger partial charge on any atom is -0.277 e. The Hall–Kier alpha value is -1.71. The van der Waals surface area contributed by atoms with Crippen LogP contribution < -0.4 is 0 Å². The zero-order valence-electron chi connectivity index (χ0n) is 6.99. The van der Waals surface area contributed by atoms with E-state index in [1.165, 1.54) is 5.56 Å². The lowest BCUT2D eigenvalue weighted by molar-refractivity contribution is 0.882. The molecule has 0 atom stereocenters. The third kappa shape index (κ3) is 0.884. The van der Waals surface area contributed by atoms with Gasteiger partial charge in [0.25, 0.3) is 0 Å². The van der Waals surface area contributed by atoms with Gasteiger partial charge in [0.2, 0.25) is 0 Å². The van der Waals surface area contributed by atoms with Gasteiger partial charge in [-0.05, 0) is 18.4 Å². The number of aryl methyl sites for hydroxylation is 2. The number of fused-ring (bicyclic) bond motifs is 3. The SMILES string of the molecule is c1ncc2c(n1)CCc1cn[nH]c1-2. The Morgan fingerprint density at radius 1 is 1.23 bits per heavy atom. The summed E-state index contributed by atoms with van der Waals surface area (Å²) in [6.07, 6.45) is 7.34. The molecule has 0 saturated carbocycles. The quantitative estimate of drug-likeness (QED) is 0.644. The van der Waals surface area contributed by atoms with Crippen LogP contribution in [0.4, 0.5) is 0 Å². The van der Waals surface area contributed by atoms with Crippen LogP contribution in [0, 0.1) is 0 Å². The summed E-state index contributed by atoms with van der Waals surface area (Å²) >= 11 is 0. The van der Waals surface area contributed by atoms with Crippen molar-refractivity contribution in [2.45, 2.75) is 12.8 Å². The van der Waals surface area contributed by atoms with Crippen molar-refractivity contribution in [3.8, 4) is 11.3 Å². The number of rotatable bonds is 0. The van der Waals surface area contributed by atoms with E-state index in [0.717, 1.165) is 29.8 Å².